The Balaban J connectivity index is 4.26. The second-order valence-corrected chi connectivity index (χ2v) is 5.61. The number of rotatable bonds is 9. The number of hydrogen-bond donors (Lipinski definition) is 1. The maximum Gasteiger partial charge on any atom is 0.232 e. The molecule has 5 nitrogen and oxygen atoms in total. The minimum atomic E-state index is -0.237. The van der Waals surface area contributed by atoms with Gasteiger partial charge in [0.25, 0.3) is 0 Å². The molecule has 0 aromatic heterocycles. The summed E-state index contributed by atoms with van der Waals surface area (Å²) in [6.07, 6.45) is -0.0802. The van der Waals surface area contributed by atoms with E-state index in [1.54, 1.807) is 12.0 Å². The van der Waals surface area contributed by atoms with Gasteiger partial charge >= 0.3 is 0 Å². The monoisotopic (exact) mass is 272 g/mol. The molecule has 0 fully saturated rings. The van der Waals surface area contributed by atoms with Crippen LogP contribution in [-0.4, -0.2) is 50.1 Å². The van der Waals surface area contributed by atoms with Crippen LogP contribution in [0.5, 0.6) is 0 Å². The highest BCUT2D eigenvalue weighted by molar-refractivity contribution is 5.96. The third-order valence-corrected chi connectivity index (χ3v) is 2.46. The van der Waals surface area contributed by atoms with E-state index in [0.29, 0.717) is 38.1 Å². The summed E-state index contributed by atoms with van der Waals surface area (Å²) in [4.78, 5) is 25.5. The predicted octanol–water partition coefficient (Wildman–Crippen LogP) is 1.28. The Morgan fingerprint density at radius 3 is 2.05 bits per heavy atom. The van der Waals surface area contributed by atoms with Crippen molar-refractivity contribution in [2.24, 2.45) is 11.8 Å². The third-order valence-electron chi connectivity index (χ3n) is 2.46. The summed E-state index contributed by atoms with van der Waals surface area (Å²) in [7, 11) is 1.57. The van der Waals surface area contributed by atoms with Gasteiger partial charge in [-0.2, -0.15) is 0 Å². The molecule has 0 aromatic rings. The lowest BCUT2D eigenvalue weighted by Gasteiger charge is -2.26. The van der Waals surface area contributed by atoms with E-state index < -0.39 is 0 Å². The van der Waals surface area contributed by atoms with E-state index in [1.807, 2.05) is 0 Å². The molecule has 19 heavy (non-hydrogen) atoms. The normalized spacial score (nSPS) is 10.9. The Morgan fingerprint density at radius 1 is 1.11 bits per heavy atom. The molecule has 0 aromatic carbocycles. The van der Waals surface area contributed by atoms with Crippen molar-refractivity contribution >= 4 is 11.8 Å². The average Bonchev–Trinajstić information content (AvgIpc) is 2.27. The van der Waals surface area contributed by atoms with Gasteiger partial charge < -0.3 is 15.0 Å². The van der Waals surface area contributed by atoms with Gasteiger partial charge in [0.05, 0.1) is 6.61 Å². The molecule has 0 bridgehead atoms. The fraction of sp³-hybridized carbons (Fsp3) is 0.857. The van der Waals surface area contributed by atoms with E-state index in [1.165, 1.54) is 0 Å². The first-order valence-electron chi connectivity index (χ1n) is 6.90. The predicted molar refractivity (Wildman–Crippen MR) is 75.8 cm³/mol. The van der Waals surface area contributed by atoms with Gasteiger partial charge in [-0.05, 0) is 11.8 Å². The number of hydrogen-bond acceptors (Lipinski definition) is 3. The first-order valence-corrected chi connectivity index (χ1v) is 6.90. The zero-order valence-corrected chi connectivity index (χ0v) is 12.9. The number of nitrogens with zero attached hydrogens (tertiary/aromatic N) is 1. The number of ether oxygens (including phenoxy) is 1. The molecule has 0 saturated heterocycles. The van der Waals surface area contributed by atoms with Gasteiger partial charge in [0, 0.05) is 26.7 Å². The molecule has 5 heteroatoms. The van der Waals surface area contributed by atoms with Crippen LogP contribution in [0.4, 0.5) is 0 Å². The van der Waals surface area contributed by atoms with Gasteiger partial charge in [-0.25, -0.2) is 0 Å². The molecule has 0 atom stereocenters. The molecule has 2 amide bonds. The minimum Gasteiger partial charge on any atom is -0.383 e. The van der Waals surface area contributed by atoms with Crippen molar-refractivity contribution in [3.63, 3.8) is 0 Å². The molecule has 0 spiro atoms. The van der Waals surface area contributed by atoms with Crippen LogP contribution in [0.3, 0.4) is 0 Å². The van der Waals surface area contributed by atoms with E-state index in [9.17, 15) is 9.59 Å². The van der Waals surface area contributed by atoms with E-state index in [4.69, 9.17) is 4.74 Å². The largest absolute Gasteiger partial charge is 0.383 e. The molecule has 0 heterocycles. The van der Waals surface area contributed by atoms with Crippen molar-refractivity contribution in [2.75, 3.05) is 33.4 Å². The van der Waals surface area contributed by atoms with E-state index in [2.05, 4.69) is 33.0 Å². The third kappa shape index (κ3) is 9.47. The molecular formula is C14H28N2O3. The second kappa shape index (κ2) is 9.78. The molecule has 0 saturated carbocycles. The van der Waals surface area contributed by atoms with Crippen LogP contribution in [0.25, 0.3) is 0 Å². The van der Waals surface area contributed by atoms with Crippen molar-refractivity contribution in [2.45, 2.75) is 34.1 Å². The minimum absolute atomic E-state index is 0.0802. The summed E-state index contributed by atoms with van der Waals surface area (Å²) in [5, 5.41) is 2.66. The molecule has 0 unspecified atom stereocenters. The molecule has 0 rings (SSSR count). The van der Waals surface area contributed by atoms with Crippen molar-refractivity contribution in [3.05, 3.63) is 0 Å². The van der Waals surface area contributed by atoms with Crippen LogP contribution >= 0.6 is 0 Å². The van der Waals surface area contributed by atoms with Gasteiger partial charge in [-0.15, -0.1) is 0 Å². The fourth-order valence-corrected chi connectivity index (χ4v) is 1.76. The number of carbonyl (C=O) groups excluding carboxylic acids is 2. The van der Waals surface area contributed by atoms with Crippen LogP contribution < -0.4 is 5.32 Å². The van der Waals surface area contributed by atoms with Crippen LogP contribution in [0.15, 0.2) is 0 Å². The Kier molecular flexibility index (Phi) is 9.21. The number of nitrogens with one attached hydrogen (secondary N) is 1. The van der Waals surface area contributed by atoms with Crippen LogP contribution in [0.2, 0.25) is 0 Å². The summed E-state index contributed by atoms with van der Waals surface area (Å²) in [5.41, 5.74) is 0. The Morgan fingerprint density at radius 2 is 1.63 bits per heavy atom. The van der Waals surface area contributed by atoms with E-state index in [-0.39, 0.29) is 18.2 Å². The van der Waals surface area contributed by atoms with Gasteiger partial charge in [-0.1, -0.05) is 27.7 Å². The molecule has 0 aliphatic heterocycles. The summed E-state index contributed by atoms with van der Waals surface area (Å²) >= 11 is 0. The second-order valence-electron chi connectivity index (χ2n) is 5.61. The van der Waals surface area contributed by atoms with Crippen molar-refractivity contribution in [3.8, 4) is 0 Å². The zero-order chi connectivity index (χ0) is 14.8. The van der Waals surface area contributed by atoms with Gasteiger partial charge in [-0.3, -0.25) is 9.59 Å². The highest BCUT2D eigenvalue weighted by atomic mass is 16.5. The molecule has 0 radical (unpaired) electrons. The molecule has 1 N–H and O–H groups in total. The first kappa shape index (κ1) is 17.9. The quantitative estimate of drug-likeness (QED) is 0.508. The van der Waals surface area contributed by atoms with Gasteiger partial charge in [0.2, 0.25) is 11.8 Å². The highest BCUT2D eigenvalue weighted by Gasteiger charge is 2.18. The number of carbonyl (C=O) groups is 2. The lowest BCUT2D eigenvalue weighted by Crippen LogP contribution is -2.40. The Hall–Kier alpha value is -1.10. The van der Waals surface area contributed by atoms with Crippen molar-refractivity contribution in [1.82, 2.24) is 10.2 Å². The first-order chi connectivity index (χ1) is 8.86. The molecule has 112 valence electrons. The molecule has 0 aliphatic rings. The fourth-order valence-electron chi connectivity index (χ4n) is 1.76. The van der Waals surface area contributed by atoms with Crippen molar-refractivity contribution in [1.29, 1.82) is 0 Å². The SMILES string of the molecule is COCCNC(=O)CC(=O)N(CC(C)C)CC(C)C. The topological polar surface area (TPSA) is 58.6 Å². The number of methoxy groups -OCH3 is 1. The van der Waals surface area contributed by atoms with E-state index in [0.717, 1.165) is 0 Å². The molecule has 0 aliphatic carbocycles. The summed E-state index contributed by atoms with van der Waals surface area (Å²) in [6, 6.07) is 0. The summed E-state index contributed by atoms with van der Waals surface area (Å²) in [5.74, 6) is 0.468. The maximum absolute atomic E-state index is 12.1. The summed E-state index contributed by atoms with van der Waals surface area (Å²) in [6.45, 7) is 10.6. The van der Waals surface area contributed by atoms with Crippen LogP contribution in [0.1, 0.15) is 34.1 Å². The van der Waals surface area contributed by atoms with Gasteiger partial charge in [0.1, 0.15) is 6.42 Å². The average molecular weight is 272 g/mol. The van der Waals surface area contributed by atoms with E-state index >= 15 is 0 Å². The van der Waals surface area contributed by atoms with Gasteiger partial charge in [0.15, 0.2) is 0 Å². The lowest BCUT2D eigenvalue weighted by atomic mass is 10.1. The number of amides is 2. The lowest BCUT2D eigenvalue weighted by molar-refractivity contribution is -0.137. The standard InChI is InChI=1S/C14H28N2O3/c1-11(2)9-16(10-12(3)4)14(18)8-13(17)15-6-7-19-5/h11-12H,6-10H2,1-5H3,(H,15,17). The highest BCUT2D eigenvalue weighted by Crippen LogP contribution is 2.06. The Bertz CT molecular complexity index is 268. The summed E-state index contributed by atoms with van der Waals surface area (Å²) < 4.78 is 4.84. The van der Waals surface area contributed by atoms with Crippen molar-refractivity contribution < 1.29 is 14.3 Å². The van der Waals surface area contributed by atoms with Crippen LogP contribution in [0, 0.1) is 11.8 Å². The Labute approximate surface area is 116 Å². The maximum atomic E-state index is 12.1. The zero-order valence-electron chi connectivity index (χ0n) is 12.9. The smallest absolute Gasteiger partial charge is 0.232 e. The van der Waals surface area contributed by atoms with Crippen LogP contribution in [-0.2, 0) is 14.3 Å². The molecular weight excluding hydrogens is 244 g/mol.